The quantitative estimate of drug-likeness (QED) is 0.880. The van der Waals surface area contributed by atoms with E-state index in [-0.39, 0.29) is 10.7 Å². The number of hydrogen-bond donors (Lipinski definition) is 1. The highest BCUT2D eigenvalue weighted by atomic mass is 35.5. The highest BCUT2D eigenvalue weighted by molar-refractivity contribution is 6.40. The van der Waals surface area contributed by atoms with Crippen molar-refractivity contribution in [1.29, 1.82) is 10.5 Å². The third-order valence-electron chi connectivity index (χ3n) is 2.44. The van der Waals surface area contributed by atoms with E-state index < -0.39 is 0 Å². The van der Waals surface area contributed by atoms with Gasteiger partial charge < -0.3 is 5.32 Å². The molecule has 1 aromatic heterocycles. The van der Waals surface area contributed by atoms with E-state index in [1.165, 1.54) is 12.5 Å². The Labute approximate surface area is 125 Å². The highest BCUT2D eigenvalue weighted by Gasteiger charge is 2.07. The molecule has 20 heavy (non-hydrogen) atoms. The Hall–Kier alpha value is -2.47. The molecule has 2 rings (SSSR count). The molecule has 0 fully saturated rings. The van der Waals surface area contributed by atoms with E-state index in [0.717, 1.165) is 11.4 Å². The summed E-state index contributed by atoms with van der Waals surface area (Å²) in [6, 6.07) is 10.7. The van der Waals surface area contributed by atoms with E-state index >= 15 is 0 Å². The predicted octanol–water partition coefficient (Wildman–Crippen LogP) is 3.52. The Morgan fingerprint density at radius 1 is 1.20 bits per heavy atom. The number of allylic oxidation sites excluding steroid dienone is 1. The fraction of sp³-hybridized carbons (Fsp3) is 0. The van der Waals surface area contributed by atoms with E-state index in [0.29, 0.717) is 5.15 Å². The van der Waals surface area contributed by atoms with Gasteiger partial charge >= 0.3 is 0 Å². The lowest BCUT2D eigenvalue weighted by atomic mass is 10.2. The van der Waals surface area contributed by atoms with Crippen molar-refractivity contribution < 1.29 is 0 Å². The first-order valence-corrected chi connectivity index (χ1v) is 6.17. The van der Waals surface area contributed by atoms with Crippen molar-refractivity contribution >= 4 is 28.9 Å². The molecule has 0 unspecified atom stereocenters. The van der Waals surface area contributed by atoms with Gasteiger partial charge in [0.15, 0.2) is 10.3 Å². The van der Waals surface area contributed by atoms with Crippen molar-refractivity contribution in [2.45, 2.75) is 0 Å². The summed E-state index contributed by atoms with van der Waals surface area (Å²) in [7, 11) is 0. The summed E-state index contributed by atoms with van der Waals surface area (Å²) in [5, 5.41) is 20.7. The van der Waals surface area contributed by atoms with Crippen molar-refractivity contribution in [2.75, 3.05) is 5.32 Å². The van der Waals surface area contributed by atoms with Crippen LogP contribution in [-0.4, -0.2) is 9.55 Å². The topological polar surface area (TPSA) is 77.4 Å². The van der Waals surface area contributed by atoms with E-state index in [4.69, 9.17) is 33.7 Å². The van der Waals surface area contributed by atoms with Gasteiger partial charge in [-0.3, -0.25) is 4.57 Å². The summed E-state index contributed by atoms with van der Waals surface area (Å²) in [5.41, 5.74) is 1.53. The van der Waals surface area contributed by atoms with Gasteiger partial charge in [-0.25, -0.2) is 4.98 Å². The van der Waals surface area contributed by atoms with Crippen molar-refractivity contribution in [3.05, 3.63) is 52.7 Å². The summed E-state index contributed by atoms with van der Waals surface area (Å²) in [4.78, 5) is 3.90. The molecular weight excluding hydrogens is 297 g/mol. The average molecular weight is 304 g/mol. The Morgan fingerprint density at radius 2 is 1.85 bits per heavy atom. The van der Waals surface area contributed by atoms with Gasteiger partial charge in [0.2, 0.25) is 0 Å². The molecule has 0 aliphatic heterocycles. The SMILES string of the molecule is N#CC(C#N)=CNc1ccc(-n2cnc(Cl)c2Cl)cc1. The van der Waals surface area contributed by atoms with E-state index in [9.17, 15) is 0 Å². The number of rotatable bonds is 3. The number of aromatic nitrogens is 2. The van der Waals surface area contributed by atoms with Crippen LogP contribution in [0.1, 0.15) is 0 Å². The number of nitrogens with zero attached hydrogens (tertiary/aromatic N) is 4. The fourth-order valence-electron chi connectivity index (χ4n) is 1.46. The molecule has 0 amide bonds. The minimum atomic E-state index is -0.00138. The molecule has 2 aromatic rings. The van der Waals surface area contributed by atoms with Crippen LogP contribution in [0.15, 0.2) is 42.4 Å². The van der Waals surface area contributed by atoms with Gasteiger partial charge in [-0.05, 0) is 24.3 Å². The third kappa shape index (κ3) is 2.92. The van der Waals surface area contributed by atoms with Gasteiger partial charge in [0.25, 0.3) is 0 Å². The lowest BCUT2D eigenvalue weighted by Crippen LogP contribution is -1.94. The minimum absolute atomic E-state index is 0.00138. The van der Waals surface area contributed by atoms with E-state index in [2.05, 4.69) is 10.3 Å². The molecule has 1 N–H and O–H groups in total. The molecule has 98 valence electrons. The van der Waals surface area contributed by atoms with Crippen LogP contribution in [0.5, 0.6) is 0 Å². The first-order chi connectivity index (χ1) is 9.65. The molecule has 0 aliphatic rings. The first kappa shape index (κ1) is 14.0. The molecule has 0 radical (unpaired) electrons. The largest absolute Gasteiger partial charge is 0.360 e. The van der Waals surface area contributed by atoms with Crippen molar-refractivity contribution in [2.24, 2.45) is 0 Å². The third-order valence-corrected chi connectivity index (χ3v) is 3.17. The van der Waals surface area contributed by atoms with Crippen LogP contribution in [0.4, 0.5) is 5.69 Å². The van der Waals surface area contributed by atoms with Crippen molar-refractivity contribution in [3.63, 3.8) is 0 Å². The Morgan fingerprint density at radius 3 is 2.35 bits per heavy atom. The lowest BCUT2D eigenvalue weighted by molar-refractivity contribution is 1.06. The molecule has 0 saturated carbocycles. The van der Waals surface area contributed by atoms with Crippen LogP contribution in [0, 0.1) is 22.7 Å². The number of hydrogen-bond acceptors (Lipinski definition) is 4. The molecule has 1 aromatic carbocycles. The van der Waals surface area contributed by atoms with Gasteiger partial charge in [-0.15, -0.1) is 0 Å². The van der Waals surface area contributed by atoms with E-state index in [1.54, 1.807) is 41.0 Å². The number of anilines is 1. The lowest BCUT2D eigenvalue weighted by Gasteiger charge is -2.05. The highest BCUT2D eigenvalue weighted by Crippen LogP contribution is 2.24. The molecule has 7 heteroatoms. The Bertz CT molecular complexity index is 716. The maximum absolute atomic E-state index is 8.61. The molecule has 0 bridgehead atoms. The van der Waals surface area contributed by atoms with Gasteiger partial charge in [-0.1, -0.05) is 23.2 Å². The smallest absolute Gasteiger partial charge is 0.166 e. The second kappa shape index (κ2) is 6.12. The van der Waals surface area contributed by atoms with Gasteiger partial charge in [-0.2, -0.15) is 10.5 Å². The zero-order valence-corrected chi connectivity index (χ0v) is 11.5. The van der Waals surface area contributed by atoms with Crippen molar-refractivity contribution in [1.82, 2.24) is 9.55 Å². The summed E-state index contributed by atoms with van der Waals surface area (Å²) < 4.78 is 1.64. The Kier molecular flexibility index (Phi) is 4.27. The normalized spacial score (nSPS) is 9.40. The maximum Gasteiger partial charge on any atom is 0.166 e. The standard InChI is InChI=1S/C13H7Cl2N5/c14-12-13(15)20(8-19-12)11-3-1-10(2-4-11)18-7-9(5-16)6-17/h1-4,7-8,18H. The van der Waals surface area contributed by atoms with Crippen LogP contribution in [0.25, 0.3) is 5.69 Å². The van der Waals surface area contributed by atoms with E-state index in [1.807, 2.05) is 0 Å². The molecule has 0 spiro atoms. The number of imidazole rings is 1. The molecular formula is C13H7Cl2N5. The maximum atomic E-state index is 8.61. The van der Waals surface area contributed by atoms with Crippen LogP contribution >= 0.6 is 23.2 Å². The number of nitriles is 2. The van der Waals surface area contributed by atoms with Gasteiger partial charge in [0, 0.05) is 17.6 Å². The zero-order chi connectivity index (χ0) is 14.5. The second-order valence-corrected chi connectivity index (χ2v) is 4.39. The predicted molar refractivity (Wildman–Crippen MR) is 76.5 cm³/mol. The number of halogens is 2. The van der Waals surface area contributed by atoms with Crippen LogP contribution in [-0.2, 0) is 0 Å². The number of benzene rings is 1. The number of nitrogens with one attached hydrogen (secondary N) is 1. The molecule has 1 heterocycles. The zero-order valence-electron chi connectivity index (χ0n) is 10.0. The van der Waals surface area contributed by atoms with Gasteiger partial charge in [0.05, 0.1) is 0 Å². The van der Waals surface area contributed by atoms with Crippen molar-refractivity contribution in [3.8, 4) is 17.8 Å². The average Bonchev–Trinajstić information content (AvgIpc) is 2.81. The molecule has 0 saturated heterocycles. The summed E-state index contributed by atoms with van der Waals surface area (Å²) in [5.74, 6) is 0. The second-order valence-electron chi connectivity index (χ2n) is 3.67. The minimum Gasteiger partial charge on any atom is -0.360 e. The molecule has 5 nitrogen and oxygen atoms in total. The Balaban J connectivity index is 2.20. The van der Waals surface area contributed by atoms with Crippen LogP contribution < -0.4 is 5.32 Å². The summed E-state index contributed by atoms with van der Waals surface area (Å²) >= 11 is 11.8. The summed E-state index contributed by atoms with van der Waals surface area (Å²) in [6.07, 6.45) is 2.87. The summed E-state index contributed by atoms with van der Waals surface area (Å²) in [6.45, 7) is 0. The first-order valence-electron chi connectivity index (χ1n) is 5.41. The monoisotopic (exact) mass is 303 g/mol. The van der Waals surface area contributed by atoms with Crippen LogP contribution in [0.3, 0.4) is 0 Å². The van der Waals surface area contributed by atoms with Gasteiger partial charge in [0.1, 0.15) is 24.0 Å². The molecule has 0 atom stereocenters. The fourth-order valence-corrected chi connectivity index (χ4v) is 1.78. The molecule has 0 aliphatic carbocycles. The van der Waals surface area contributed by atoms with Crippen LogP contribution in [0.2, 0.25) is 10.3 Å².